The SMILES string of the molecule is Cc1ccc2cc1CCCNC(=O)CN(C(=O)c1cccnc1)C[C@@H](C)NC(=O)[C@H]([C@@H](C)O)NC2=O. The highest BCUT2D eigenvalue weighted by Gasteiger charge is 2.29. The molecule has 1 aliphatic rings. The van der Waals surface area contributed by atoms with Gasteiger partial charge in [0.15, 0.2) is 0 Å². The first-order valence-electron chi connectivity index (χ1n) is 12.0. The van der Waals surface area contributed by atoms with E-state index < -0.39 is 35.9 Å². The van der Waals surface area contributed by atoms with Crippen LogP contribution in [0.1, 0.15) is 52.1 Å². The summed E-state index contributed by atoms with van der Waals surface area (Å²) in [7, 11) is 0. The zero-order valence-corrected chi connectivity index (χ0v) is 20.8. The number of aryl methyl sites for hydroxylation is 2. The Morgan fingerprint density at radius 2 is 1.97 bits per heavy atom. The molecule has 0 radical (unpaired) electrons. The third-order valence-corrected chi connectivity index (χ3v) is 6.02. The molecule has 3 rings (SSSR count). The Labute approximate surface area is 210 Å². The van der Waals surface area contributed by atoms with Gasteiger partial charge < -0.3 is 26.0 Å². The molecule has 0 spiro atoms. The van der Waals surface area contributed by atoms with Gasteiger partial charge in [0.25, 0.3) is 11.8 Å². The van der Waals surface area contributed by atoms with Crippen molar-refractivity contribution >= 4 is 23.6 Å². The van der Waals surface area contributed by atoms with Crippen LogP contribution in [-0.4, -0.2) is 76.4 Å². The molecular formula is C26H33N5O5. The van der Waals surface area contributed by atoms with E-state index in [-0.39, 0.29) is 19.0 Å². The van der Waals surface area contributed by atoms with Crippen LogP contribution in [-0.2, 0) is 16.0 Å². The van der Waals surface area contributed by atoms with E-state index in [1.807, 2.05) is 13.0 Å². The Kier molecular flexibility index (Phi) is 9.13. The van der Waals surface area contributed by atoms with Gasteiger partial charge in [-0.25, -0.2) is 0 Å². The molecule has 1 aromatic heterocycles. The first-order chi connectivity index (χ1) is 17.2. The monoisotopic (exact) mass is 495 g/mol. The van der Waals surface area contributed by atoms with E-state index in [1.54, 1.807) is 37.4 Å². The standard InChI is InChI=1S/C26H33N5O5/c1-16-8-9-20-12-19(16)6-5-11-28-22(33)15-31(26(36)21-7-4-10-27-13-21)14-17(2)29-25(35)23(18(3)32)30-24(20)34/h4,7-10,12-13,17-18,23,32H,5-6,11,14-15H2,1-3H3,(H,28,33)(H,29,35)(H,30,34)/t17-,18-,23+/m1/s1. The molecule has 1 aromatic carbocycles. The molecule has 10 heteroatoms. The van der Waals surface area contributed by atoms with Crippen molar-refractivity contribution in [3.8, 4) is 0 Å². The highest BCUT2D eigenvalue weighted by molar-refractivity contribution is 5.98. The van der Waals surface area contributed by atoms with Crippen molar-refractivity contribution in [3.63, 3.8) is 0 Å². The van der Waals surface area contributed by atoms with E-state index in [9.17, 15) is 24.3 Å². The summed E-state index contributed by atoms with van der Waals surface area (Å²) in [5, 5.41) is 18.4. The maximum Gasteiger partial charge on any atom is 0.255 e. The number of aliphatic hydroxyl groups excluding tert-OH is 1. The minimum absolute atomic E-state index is 0.0351. The predicted octanol–water partition coefficient (Wildman–Crippen LogP) is 0.579. The molecule has 192 valence electrons. The molecule has 0 saturated carbocycles. The number of fused-ring (bicyclic) bond motifs is 2. The zero-order chi connectivity index (χ0) is 26.2. The molecule has 0 fully saturated rings. The van der Waals surface area contributed by atoms with Gasteiger partial charge in [-0.1, -0.05) is 6.07 Å². The van der Waals surface area contributed by atoms with Gasteiger partial charge >= 0.3 is 0 Å². The Morgan fingerprint density at radius 3 is 2.67 bits per heavy atom. The van der Waals surface area contributed by atoms with Crippen molar-refractivity contribution in [3.05, 3.63) is 65.0 Å². The lowest BCUT2D eigenvalue weighted by molar-refractivity contribution is -0.126. The van der Waals surface area contributed by atoms with Crippen molar-refractivity contribution in [2.45, 2.75) is 51.8 Å². The second-order valence-corrected chi connectivity index (χ2v) is 9.12. The van der Waals surface area contributed by atoms with Crippen LogP contribution in [0.2, 0.25) is 0 Å². The number of aliphatic hydroxyl groups is 1. The highest BCUT2D eigenvalue weighted by Crippen LogP contribution is 2.14. The smallest absolute Gasteiger partial charge is 0.255 e. The molecule has 0 saturated heterocycles. The summed E-state index contributed by atoms with van der Waals surface area (Å²) in [5.41, 5.74) is 2.64. The molecule has 3 atom stereocenters. The fourth-order valence-electron chi connectivity index (χ4n) is 4.05. The maximum atomic E-state index is 13.1. The summed E-state index contributed by atoms with van der Waals surface area (Å²) in [5.74, 6) is -1.79. The molecule has 2 bridgehead atoms. The van der Waals surface area contributed by atoms with Crippen molar-refractivity contribution in [2.24, 2.45) is 0 Å². The number of carbonyl (C=O) groups is 4. The third-order valence-electron chi connectivity index (χ3n) is 6.02. The molecule has 0 aliphatic carbocycles. The lowest BCUT2D eigenvalue weighted by Gasteiger charge is -2.28. The van der Waals surface area contributed by atoms with E-state index in [1.165, 1.54) is 18.0 Å². The first kappa shape index (κ1) is 26.8. The molecule has 1 aliphatic heterocycles. The van der Waals surface area contributed by atoms with Gasteiger partial charge in [-0.2, -0.15) is 0 Å². The molecular weight excluding hydrogens is 462 g/mol. The van der Waals surface area contributed by atoms with Crippen LogP contribution in [0.15, 0.2) is 42.7 Å². The fourth-order valence-corrected chi connectivity index (χ4v) is 4.05. The molecule has 0 unspecified atom stereocenters. The number of pyridine rings is 1. The minimum Gasteiger partial charge on any atom is -0.391 e. The number of hydrogen-bond acceptors (Lipinski definition) is 6. The lowest BCUT2D eigenvalue weighted by atomic mass is 10.00. The topological polar surface area (TPSA) is 141 Å². The number of hydrogen-bond donors (Lipinski definition) is 4. The predicted molar refractivity (Wildman–Crippen MR) is 133 cm³/mol. The van der Waals surface area contributed by atoms with Gasteiger partial charge in [0.2, 0.25) is 11.8 Å². The quantitative estimate of drug-likeness (QED) is 0.480. The van der Waals surface area contributed by atoms with Crippen molar-refractivity contribution in [1.29, 1.82) is 0 Å². The van der Waals surface area contributed by atoms with E-state index in [0.29, 0.717) is 30.5 Å². The summed E-state index contributed by atoms with van der Waals surface area (Å²) in [6, 6.07) is 6.72. The minimum atomic E-state index is -1.20. The number of rotatable bonds is 2. The van der Waals surface area contributed by atoms with Crippen LogP contribution in [0, 0.1) is 6.92 Å². The number of benzene rings is 1. The van der Waals surface area contributed by atoms with Crippen LogP contribution in [0.3, 0.4) is 0 Å². The summed E-state index contributed by atoms with van der Waals surface area (Å²) in [4.78, 5) is 57.0. The number of nitrogens with one attached hydrogen (secondary N) is 3. The van der Waals surface area contributed by atoms with Crippen molar-refractivity contribution in [1.82, 2.24) is 25.8 Å². The number of amides is 4. The van der Waals surface area contributed by atoms with E-state index in [4.69, 9.17) is 0 Å². The van der Waals surface area contributed by atoms with Crippen molar-refractivity contribution < 1.29 is 24.3 Å². The van der Waals surface area contributed by atoms with Gasteiger partial charge in [0, 0.05) is 37.1 Å². The second-order valence-electron chi connectivity index (χ2n) is 9.12. The van der Waals surface area contributed by atoms with Gasteiger partial charge in [-0.15, -0.1) is 0 Å². The number of aromatic nitrogens is 1. The highest BCUT2D eigenvalue weighted by atomic mass is 16.3. The maximum absolute atomic E-state index is 13.1. The molecule has 2 heterocycles. The third kappa shape index (κ3) is 7.11. The van der Waals surface area contributed by atoms with Crippen LogP contribution in [0.4, 0.5) is 0 Å². The fraction of sp³-hybridized carbons (Fsp3) is 0.423. The lowest BCUT2D eigenvalue weighted by Crippen LogP contribution is -2.56. The van der Waals surface area contributed by atoms with Gasteiger partial charge in [0.05, 0.1) is 18.2 Å². The summed E-state index contributed by atoms with van der Waals surface area (Å²) in [6.07, 6.45) is 3.07. The summed E-state index contributed by atoms with van der Waals surface area (Å²) < 4.78 is 0. The van der Waals surface area contributed by atoms with Gasteiger partial charge in [0.1, 0.15) is 6.04 Å². The summed E-state index contributed by atoms with van der Waals surface area (Å²) >= 11 is 0. The molecule has 36 heavy (non-hydrogen) atoms. The van der Waals surface area contributed by atoms with E-state index >= 15 is 0 Å². The second kappa shape index (κ2) is 12.3. The summed E-state index contributed by atoms with van der Waals surface area (Å²) in [6.45, 7) is 5.28. The number of nitrogens with zero attached hydrogens (tertiary/aromatic N) is 2. The van der Waals surface area contributed by atoms with Crippen molar-refractivity contribution in [2.75, 3.05) is 19.6 Å². The molecule has 10 nitrogen and oxygen atoms in total. The Hall–Kier alpha value is -3.79. The van der Waals surface area contributed by atoms with Gasteiger partial charge in [-0.05, 0) is 69.0 Å². The van der Waals surface area contributed by atoms with Gasteiger partial charge in [-0.3, -0.25) is 24.2 Å². The largest absolute Gasteiger partial charge is 0.391 e. The first-order valence-corrected chi connectivity index (χ1v) is 12.0. The van der Waals surface area contributed by atoms with E-state index in [0.717, 1.165) is 11.1 Å². The Balaban J connectivity index is 1.88. The molecule has 4 amide bonds. The molecule has 4 N–H and O–H groups in total. The Bertz CT molecular complexity index is 1110. The average molecular weight is 496 g/mol. The number of carbonyl (C=O) groups excluding carboxylic acids is 4. The normalized spacial score (nSPS) is 21.0. The zero-order valence-electron chi connectivity index (χ0n) is 20.8. The van der Waals surface area contributed by atoms with Crippen LogP contribution in [0.25, 0.3) is 0 Å². The molecule has 2 aromatic rings. The van der Waals surface area contributed by atoms with E-state index in [2.05, 4.69) is 20.9 Å². The van der Waals surface area contributed by atoms with Crippen LogP contribution < -0.4 is 16.0 Å². The van der Waals surface area contributed by atoms with Crippen LogP contribution in [0.5, 0.6) is 0 Å². The average Bonchev–Trinajstić information content (AvgIpc) is 2.84. The Morgan fingerprint density at radius 1 is 1.19 bits per heavy atom. The van der Waals surface area contributed by atoms with Crippen LogP contribution >= 0.6 is 0 Å².